The molecule has 1 nitrogen and oxygen atoms in total. The molecular weight excluding hydrogens is 218 g/mol. The summed E-state index contributed by atoms with van der Waals surface area (Å²) in [6, 6.07) is 8.99. The topological polar surface area (TPSA) is 12.0 Å². The molecule has 0 atom stereocenters. The van der Waals surface area contributed by atoms with Gasteiger partial charge in [0.15, 0.2) is 0 Å². The molecule has 0 aromatic heterocycles. The highest BCUT2D eigenvalue weighted by molar-refractivity contribution is 5.25. The Kier molecular flexibility index (Phi) is 7.43. The van der Waals surface area contributed by atoms with Gasteiger partial charge in [0.2, 0.25) is 0 Å². The van der Waals surface area contributed by atoms with Crippen molar-refractivity contribution in [2.45, 2.75) is 46.5 Å². The predicted molar refractivity (Wildman–Crippen MR) is 81.1 cm³/mol. The third-order valence-corrected chi connectivity index (χ3v) is 3.15. The van der Waals surface area contributed by atoms with E-state index in [1.165, 1.54) is 23.1 Å². The van der Waals surface area contributed by atoms with Crippen molar-refractivity contribution < 1.29 is 0 Å². The lowest BCUT2D eigenvalue weighted by Gasteiger charge is -2.04. The first-order valence-electron chi connectivity index (χ1n) is 7.20. The molecule has 0 unspecified atom stereocenters. The number of allylic oxidation sites excluding steroid dienone is 1. The van der Waals surface area contributed by atoms with Crippen LogP contribution in [0.4, 0.5) is 0 Å². The molecule has 1 aromatic rings. The Morgan fingerprint density at radius 3 is 2.33 bits per heavy atom. The fraction of sp³-hybridized carbons (Fsp3) is 0.529. The first kappa shape index (κ1) is 15.0. The van der Waals surface area contributed by atoms with Crippen molar-refractivity contribution >= 4 is 0 Å². The Hall–Kier alpha value is -1.08. The zero-order valence-corrected chi connectivity index (χ0v) is 12.1. The molecule has 0 spiro atoms. The number of nitrogens with one attached hydrogen (secondary N) is 1. The van der Waals surface area contributed by atoms with Crippen LogP contribution in [0.5, 0.6) is 0 Å². The van der Waals surface area contributed by atoms with E-state index in [2.05, 4.69) is 56.4 Å². The van der Waals surface area contributed by atoms with Crippen LogP contribution in [0.2, 0.25) is 0 Å². The maximum Gasteiger partial charge on any atom is -0.00142 e. The van der Waals surface area contributed by atoms with Crippen LogP contribution in [0.25, 0.3) is 0 Å². The van der Waals surface area contributed by atoms with Crippen LogP contribution in [0, 0.1) is 0 Å². The Morgan fingerprint density at radius 2 is 1.72 bits per heavy atom. The van der Waals surface area contributed by atoms with E-state index in [4.69, 9.17) is 0 Å². The number of benzene rings is 1. The first-order chi connectivity index (χ1) is 8.76. The predicted octanol–water partition coefficient (Wildman–Crippen LogP) is 4.13. The second-order valence-electron chi connectivity index (χ2n) is 4.94. The SMILES string of the molecule is CCCNCCC=C(C)Cc1ccc(CC)cc1. The molecule has 0 aliphatic rings. The van der Waals surface area contributed by atoms with Crippen molar-refractivity contribution in [2.24, 2.45) is 0 Å². The standard InChI is InChI=1S/C17H27N/c1-4-12-18-13-6-7-15(3)14-17-10-8-16(5-2)9-11-17/h7-11,18H,4-6,12-14H2,1-3H3. The quantitative estimate of drug-likeness (QED) is 0.536. The number of rotatable bonds is 8. The lowest BCUT2D eigenvalue weighted by atomic mass is 10.0. The molecule has 100 valence electrons. The Morgan fingerprint density at radius 1 is 1.06 bits per heavy atom. The average Bonchev–Trinajstić information content (AvgIpc) is 2.39. The Balaban J connectivity index is 2.33. The number of aryl methyl sites for hydroxylation is 1. The fourth-order valence-corrected chi connectivity index (χ4v) is 2.01. The van der Waals surface area contributed by atoms with Gasteiger partial charge in [0, 0.05) is 0 Å². The molecule has 0 saturated heterocycles. The van der Waals surface area contributed by atoms with E-state index in [0.717, 1.165) is 32.4 Å². The van der Waals surface area contributed by atoms with Crippen molar-refractivity contribution in [3.63, 3.8) is 0 Å². The molecule has 0 amide bonds. The lowest BCUT2D eigenvalue weighted by Crippen LogP contribution is -2.15. The van der Waals surface area contributed by atoms with E-state index in [1.807, 2.05) is 0 Å². The highest BCUT2D eigenvalue weighted by Gasteiger charge is 1.95. The Labute approximate surface area is 112 Å². The van der Waals surface area contributed by atoms with Gasteiger partial charge in [0.1, 0.15) is 0 Å². The second-order valence-corrected chi connectivity index (χ2v) is 4.94. The van der Waals surface area contributed by atoms with Crippen LogP contribution in [0.15, 0.2) is 35.9 Å². The monoisotopic (exact) mass is 245 g/mol. The van der Waals surface area contributed by atoms with Crippen molar-refractivity contribution in [2.75, 3.05) is 13.1 Å². The van der Waals surface area contributed by atoms with E-state index >= 15 is 0 Å². The van der Waals surface area contributed by atoms with Crippen LogP contribution in [-0.4, -0.2) is 13.1 Å². The summed E-state index contributed by atoms with van der Waals surface area (Å²) in [6.45, 7) is 8.86. The van der Waals surface area contributed by atoms with Gasteiger partial charge in [0.25, 0.3) is 0 Å². The van der Waals surface area contributed by atoms with E-state index in [0.29, 0.717) is 0 Å². The number of hydrogen-bond acceptors (Lipinski definition) is 1. The van der Waals surface area contributed by atoms with Crippen LogP contribution < -0.4 is 5.32 Å². The van der Waals surface area contributed by atoms with Gasteiger partial charge in [-0.3, -0.25) is 0 Å². The van der Waals surface area contributed by atoms with Gasteiger partial charge in [-0.15, -0.1) is 0 Å². The van der Waals surface area contributed by atoms with E-state index in [-0.39, 0.29) is 0 Å². The summed E-state index contributed by atoms with van der Waals surface area (Å²) in [5.41, 5.74) is 4.31. The first-order valence-corrected chi connectivity index (χ1v) is 7.20. The maximum absolute atomic E-state index is 3.42. The van der Waals surface area contributed by atoms with Gasteiger partial charge in [-0.2, -0.15) is 0 Å². The average molecular weight is 245 g/mol. The van der Waals surface area contributed by atoms with Crippen molar-refractivity contribution in [1.82, 2.24) is 5.32 Å². The summed E-state index contributed by atoms with van der Waals surface area (Å²) in [5, 5.41) is 3.42. The molecule has 18 heavy (non-hydrogen) atoms. The van der Waals surface area contributed by atoms with Crippen molar-refractivity contribution in [1.29, 1.82) is 0 Å². The summed E-state index contributed by atoms with van der Waals surface area (Å²) >= 11 is 0. The minimum atomic E-state index is 1.08. The zero-order valence-electron chi connectivity index (χ0n) is 12.1. The molecule has 0 aliphatic heterocycles. The molecule has 0 radical (unpaired) electrons. The largest absolute Gasteiger partial charge is 0.316 e. The highest BCUT2D eigenvalue weighted by atomic mass is 14.8. The summed E-state index contributed by atoms with van der Waals surface area (Å²) in [6.07, 6.45) is 6.91. The minimum absolute atomic E-state index is 1.08. The summed E-state index contributed by atoms with van der Waals surface area (Å²) in [5.74, 6) is 0. The molecule has 0 heterocycles. The van der Waals surface area contributed by atoms with Crippen LogP contribution in [0.1, 0.15) is 44.7 Å². The van der Waals surface area contributed by atoms with Crippen LogP contribution >= 0.6 is 0 Å². The van der Waals surface area contributed by atoms with Gasteiger partial charge in [0.05, 0.1) is 0 Å². The fourth-order valence-electron chi connectivity index (χ4n) is 2.01. The van der Waals surface area contributed by atoms with E-state index in [1.54, 1.807) is 0 Å². The molecule has 0 fully saturated rings. The molecule has 0 saturated carbocycles. The Bertz CT molecular complexity index is 348. The normalized spacial score (nSPS) is 11.8. The van der Waals surface area contributed by atoms with Crippen LogP contribution in [0.3, 0.4) is 0 Å². The van der Waals surface area contributed by atoms with Gasteiger partial charge in [-0.05, 0) is 56.8 Å². The minimum Gasteiger partial charge on any atom is -0.316 e. The molecule has 1 aromatic carbocycles. The molecule has 1 rings (SSSR count). The smallest absolute Gasteiger partial charge is 0.00142 e. The summed E-state index contributed by atoms with van der Waals surface area (Å²) in [7, 11) is 0. The highest BCUT2D eigenvalue weighted by Crippen LogP contribution is 2.10. The van der Waals surface area contributed by atoms with E-state index in [9.17, 15) is 0 Å². The molecule has 0 aliphatic carbocycles. The van der Waals surface area contributed by atoms with E-state index < -0.39 is 0 Å². The zero-order chi connectivity index (χ0) is 13.2. The molecule has 0 bridgehead atoms. The third kappa shape index (κ3) is 6.02. The molecule has 1 heteroatoms. The van der Waals surface area contributed by atoms with Gasteiger partial charge in [-0.1, -0.05) is 49.8 Å². The maximum atomic E-state index is 3.42. The summed E-state index contributed by atoms with van der Waals surface area (Å²) in [4.78, 5) is 0. The van der Waals surface area contributed by atoms with Gasteiger partial charge < -0.3 is 5.32 Å². The lowest BCUT2D eigenvalue weighted by molar-refractivity contribution is 0.677. The van der Waals surface area contributed by atoms with Gasteiger partial charge >= 0.3 is 0 Å². The van der Waals surface area contributed by atoms with Gasteiger partial charge in [-0.25, -0.2) is 0 Å². The third-order valence-electron chi connectivity index (χ3n) is 3.15. The second kappa shape index (κ2) is 8.93. The molecule has 1 N–H and O–H groups in total. The van der Waals surface area contributed by atoms with Crippen molar-refractivity contribution in [3.05, 3.63) is 47.0 Å². The molecular formula is C17H27N. The number of hydrogen-bond donors (Lipinski definition) is 1. The van der Waals surface area contributed by atoms with Crippen molar-refractivity contribution in [3.8, 4) is 0 Å². The summed E-state index contributed by atoms with van der Waals surface area (Å²) < 4.78 is 0. The van der Waals surface area contributed by atoms with Crippen LogP contribution in [-0.2, 0) is 12.8 Å².